The highest BCUT2D eigenvalue weighted by Crippen LogP contribution is 2.29. The molecule has 4 N–H and O–H groups in total. The van der Waals surface area contributed by atoms with E-state index in [9.17, 15) is 10.2 Å². The Morgan fingerprint density at radius 2 is 2.00 bits per heavy atom. The van der Waals surface area contributed by atoms with Gasteiger partial charge >= 0.3 is 0 Å². The molecular weight excluding hydrogens is 218 g/mol. The van der Waals surface area contributed by atoms with Gasteiger partial charge in [0, 0.05) is 11.6 Å². The number of nitrogens with two attached hydrogens (primary N) is 1. The maximum atomic E-state index is 9.32. The minimum Gasteiger partial charge on any atom is -0.508 e. The first-order valence-electron chi connectivity index (χ1n) is 4.36. The molecule has 1 aromatic rings. The van der Waals surface area contributed by atoms with Crippen LogP contribution in [0.1, 0.15) is 18.5 Å². The molecule has 0 unspecified atom stereocenters. The average Bonchev–Trinajstić information content (AvgIpc) is 2.16. The molecule has 1 rings (SSSR count). The molecule has 0 aromatic heterocycles. The van der Waals surface area contributed by atoms with E-state index in [0.717, 1.165) is 0 Å². The van der Waals surface area contributed by atoms with Crippen molar-refractivity contribution in [3.8, 4) is 11.5 Å². The highest BCUT2D eigenvalue weighted by atomic mass is 35.5. The third-order valence-electron chi connectivity index (χ3n) is 2.10. The van der Waals surface area contributed by atoms with Gasteiger partial charge in [0.25, 0.3) is 0 Å². The van der Waals surface area contributed by atoms with Crippen LogP contribution in [0.25, 0.3) is 0 Å². The number of aliphatic hydroxyl groups excluding tert-OH is 1. The fourth-order valence-electron chi connectivity index (χ4n) is 1.24. The monoisotopic (exact) mass is 233 g/mol. The van der Waals surface area contributed by atoms with Crippen LogP contribution < -0.4 is 10.5 Å². The first kappa shape index (κ1) is 14.0. The van der Waals surface area contributed by atoms with Crippen LogP contribution in [0, 0.1) is 0 Å². The smallest absolute Gasteiger partial charge is 0.127 e. The minimum absolute atomic E-state index is 0. The standard InChI is InChI=1S/C10H15NO3.ClH/c1-6(12)10(11)8-4-3-7(13)5-9(8)14-2;/h3-6,10,12-13H,11H2,1-2H3;1H/t6-,10-;/m0./s1. The third-order valence-corrected chi connectivity index (χ3v) is 2.10. The van der Waals surface area contributed by atoms with Gasteiger partial charge in [-0.1, -0.05) is 0 Å². The molecule has 0 heterocycles. The fraction of sp³-hybridized carbons (Fsp3) is 0.400. The number of hydrogen-bond donors (Lipinski definition) is 3. The van der Waals surface area contributed by atoms with Crippen molar-refractivity contribution in [3.63, 3.8) is 0 Å². The van der Waals surface area contributed by atoms with Crippen molar-refractivity contribution < 1.29 is 14.9 Å². The number of benzene rings is 1. The van der Waals surface area contributed by atoms with Crippen LogP contribution in [-0.2, 0) is 0 Å². The molecule has 0 aliphatic rings. The summed E-state index contributed by atoms with van der Waals surface area (Å²) in [6.07, 6.45) is -0.659. The fourth-order valence-corrected chi connectivity index (χ4v) is 1.24. The van der Waals surface area contributed by atoms with E-state index < -0.39 is 12.1 Å². The van der Waals surface area contributed by atoms with Gasteiger partial charge in [0.15, 0.2) is 0 Å². The van der Waals surface area contributed by atoms with Crippen LogP contribution in [0.2, 0.25) is 0 Å². The van der Waals surface area contributed by atoms with Gasteiger partial charge in [-0.05, 0) is 19.1 Å². The zero-order valence-corrected chi connectivity index (χ0v) is 9.49. The summed E-state index contributed by atoms with van der Waals surface area (Å²) in [5.74, 6) is 0.599. The maximum Gasteiger partial charge on any atom is 0.127 e. The van der Waals surface area contributed by atoms with Gasteiger partial charge in [0.05, 0.1) is 19.3 Å². The number of hydrogen-bond acceptors (Lipinski definition) is 4. The highest BCUT2D eigenvalue weighted by Gasteiger charge is 2.16. The summed E-state index contributed by atoms with van der Waals surface area (Å²) >= 11 is 0. The summed E-state index contributed by atoms with van der Waals surface area (Å²) in [6, 6.07) is 4.12. The first-order chi connectivity index (χ1) is 6.56. The number of aromatic hydroxyl groups is 1. The summed E-state index contributed by atoms with van der Waals surface area (Å²) < 4.78 is 5.05. The average molecular weight is 234 g/mol. The van der Waals surface area contributed by atoms with Crippen molar-refractivity contribution in [2.24, 2.45) is 5.73 Å². The molecule has 0 radical (unpaired) electrons. The zero-order valence-electron chi connectivity index (χ0n) is 8.68. The van der Waals surface area contributed by atoms with Crippen LogP contribution in [0.3, 0.4) is 0 Å². The van der Waals surface area contributed by atoms with Gasteiger partial charge in [-0.2, -0.15) is 0 Å². The van der Waals surface area contributed by atoms with E-state index in [0.29, 0.717) is 11.3 Å². The van der Waals surface area contributed by atoms with Crippen LogP contribution >= 0.6 is 12.4 Å². The lowest BCUT2D eigenvalue weighted by Gasteiger charge is -2.18. The molecule has 0 spiro atoms. The molecule has 2 atom stereocenters. The van der Waals surface area contributed by atoms with Crippen molar-refractivity contribution in [1.29, 1.82) is 0 Å². The number of rotatable bonds is 3. The zero-order chi connectivity index (χ0) is 10.7. The molecule has 5 heteroatoms. The topological polar surface area (TPSA) is 75.7 Å². The van der Waals surface area contributed by atoms with Gasteiger partial charge in [-0.3, -0.25) is 0 Å². The van der Waals surface area contributed by atoms with Crippen LogP contribution in [-0.4, -0.2) is 23.4 Å². The first-order valence-corrected chi connectivity index (χ1v) is 4.36. The highest BCUT2D eigenvalue weighted by molar-refractivity contribution is 5.85. The van der Waals surface area contributed by atoms with E-state index in [4.69, 9.17) is 10.5 Å². The van der Waals surface area contributed by atoms with Gasteiger partial charge in [-0.15, -0.1) is 12.4 Å². The Morgan fingerprint density at radius 3 is 2.47 bits per heavy atom. The Kier molecular flexibility index (Phi) is 5.43. The molecule has 1 aromatic carbocycles. The lowest BCUT2D eigenvalue weighted by atomic mass is 10.0. The van der Waals surface area contributed by atoms with Crippen LogP contribution in [0.5, 0.6) is 11.5 Å². The predicted molar refractivity (Wildman–Crippen MR) is 60.5 cm³/mol. The molecule has 0 aliphatic carbocycles. The number of methoxy groups -OCH3 is 1. The Morgan fingerprint density at radius 1 is 1.40 bits per heavy atom. The molecule has 0 bridgehead atoms. The molecule has 0 amide bonds. The van der Waals surface area contributed by atoms with Crippen LogP contribution in [0.15, 0.2) is 18.2 Å². The number of ether oxygens (including phenoxy) is 1. The number of halogens is 1. The number of aliphatic hydroxyl groups is 1. The largest absolute Gasteiger partial charge is 0.508 e. The summed E-state index contributed by atoms with van der Waals surface area (Å²) in [7, 11) is 1.49. The van der Waals surface area contributed by atoms with Gasteiger partial charge in [-0.25, -0.2) is 0 Å². The summed E-state index contributed by atoms with van der Waals surface area (Å²) in [5.41, 5.74) is 6.43. The summed E-state index contributed by atoms with van der Waals surface area (Å²) in [5, 5.41) is 18.5. The molecule has 0 fully saturated rings. The second kappa shape index (κ2) is 5.80. The van der Waals surface area contributed by atoms with E-state index in [1.807, 2.05) is 0 Å². The Labute approximate surface area is 95.1 Å². The minimum atomic E-state index is -0.659. The van der Waals surface area contributed by atoms with Crippen molar-refractivity contribution in [3.05, 3.63) is 23.8 Å². The van der Waals surface area contributed by atoms with E-state index >= 15 is 0 Å². The lowest BCUT2D eigenvalue weighted by Crippen LogP contribution is -2.23. The Balaban J connectivity index is 0.00000196. The van der Waals surface area contributed by atoms with Crippen molar-refractivity contribution >= 4 is 12.4 Å². The third kappa shape index (κ3) is 3.27. The number of phenols is 1. The number of phenolic OH excluding ortho intramolecular Hbond substituents is 1. The Hall–Kier alpha value is -0.970. The lowest BCUT2D eigenvalue weighted by molar-refractivity contribution is 0.162. The molecule has 4 nitrogen and oxygen atoms in total. The molecule has 0 saturated carbocycles. The SMILES string of the molecule is COc1cc(O)ccc1[C@@H](N)[C@H](C)O.Cl. The Bertz CT molecular complexity index is 318. The molecule has 0 aliphatic heterocycles. The van der Waals surface area contributed by atoms with Gasteiger partial charge in [0.1, 0.15) is 11.5 Å². The van der Waals surface area contributed by atoms with Gasteiger partial charge in [0.2, 0.25) is 0 Å². The molecular formula is C10H16ClNO3. The predicted octanol–water partition coefficient (Wildman–Crippen LogP) is 1.20. The van der Waals surface area contributed by atoms with Gasteiger partial charge < -0.3 is 20.7 Å². The van der Waals surface area contributed by atoms with Crippen molar-refractivity contribution in [2.75, 3.05) is 7.11 Å². The summed E-state index contributed by atoms with van der Waals surface area (Å²) in [6.45, 7) is 1.61. The van der Waals surface area contributed by atoms with E-state index in [-0.39, 0.29) is 18.2 Å². The van der Waals surface area contributed by atoms with Crippen LogP contribution in [0.4, 0.5) is 0 Å². The molecule has 0 saturated heterocycles. The molecule has 86 valence electrons. The second-order valence-corrected chi connectivity index (χ2v) is 3.19. The van der Waals surface area contributed by atoms with E-state index in [2.05, 4.69) is 0 Å². The van der Waals surface area contributed by atoms with E-state index in [1.54, 1.807) is 13.0 Å². The van der Waals surface area contributed by atoms with Crippen molar-refractivity contribution in [2.45, 2.75) is 19.1 Å². The van der Waals surface area contributed by atoms with E-state index in [1.165, 1.54) is 19.2 Å². The second-order valence-electron chi connectivity index (χ2n) is 3.19. The quantitative estimate of drug-likeness (QED) is 0.734. The van der Waals surface area contributed by atoms with Crippen molar-refractivity contribution in [1.82, 2.24) is 0 Å². The summed E-state index contributed by atoms with van der Waals surface area (Å²) in [4.78, 5) is 0. The molecule has 15 heavy (non-hydrogen) atoms. The normalized spacial score (nSPS) is 13.9. The maximum absolute atomic E-state index is 9.32.